The molecule has 0 spiro atoms. The van der Waals surface area contributed by atoms with Crippen LogP contribution in [0.15, 0.2) is 55.0 Å². The smallest absolute Gasteiger partial charge is 0.207 e. The second-order valence-electron chi connectivity index (χ2n) is 9.64. The van der Waals surface area contributed by atoms with Crippen LogP contribution in [0, 0.1) is 18.8 Å². The minimum atomic E-state index is 0.463. The molecule has 1 aliphatic carbocycles. The summed E-state index contributed by atoms with van der Waals surface area (Å²) in [5.41, 5.74) is 5.80. The van der Waals surface area contributed by atoms with E-state index < -0.39 is 0 Å². The lowest BCUT2D eigenvalue weighted by atomic mass is 10.0. The van der Waals surface area contributed by atoms with E-state index in [1.807, 2.05) is 18.3 Å². The maximum atomic E-state index is 10.2. The fourth-order valence-electron chi connectivity index (χ4n) is 5.48. The molecule has 0 bridgehead atoms. The van der Waals surface area contributed by atoms with Crippen LogP contribution in [0.3, 0.4) is 0 Å². The van der Waals surface area contributed by atoms with Crippen molar-refractivity contribution in [2.45, 2.75) is 38.8 Å². The van der Waals surface area contributed by atoms with E-state index in [1.165, 1.54) is 24.0 Å². The third kappa shape index (κ3) is 5.46. The number of carbonyl (C=O) groups is 1. The summed E-state index contributed by atoms with van der Waals surface area (Å²) in [7, 11) is 0. The molecule has 2 aliphatic heterocycles. The summed E-state index contributed by atoms with van der Waals surface area (Å²) in [6.45, 7) is 5.88. The molecule has 7 heteroatoms. The number of fused-ring (bicyclic) bond motifs is 2. The van der Waals surface area contributed by atoms with Crippen molar-refractivity contribution in [2.24, 2.45) is 11.8 Å². The number of nitrogens with zero attached hydrogens (tertiary/aromatic N) is 2. The molecule has 4 heterocycles. The van der Waals surface area contributed by atoms with Gasteiger partial charge in [-0.3, -0.25) is 9.78 Å². The molecule has 3 aliphatic rings. The molecule has 0 radical (unpaired) electrons. The molecule has 2 aromatic heterocycles. The lowest BCUT2D eigenvalue weighted by Crippen LogP contribution is -2.27. The third-order valence-corrected chi connectivity index (χ3v) is 7.22. The Morgan fingerprint density at radius 3 is 2.69 bits per heavy atom. The number of hydrogen-bond acceptors (Lipinski definition) is 6. The number of amides is 1. The van der Waals surface area contributed by atoms with Gasteiger partial charge in [-0.2, -0.15) is 0 Å². The Morgan fingerprint density at radius 2 is 1.94 bits per heavy atom. The van der Waals surface area contributed by atoms with Gasteiger partial charge in [-0.1, -0.05) is 29.8 Å². The molecule has 2 fully saturated rings. The van der Waals surface area contributed by atoms with Crippen molar-refractivity contribution in [3.05, 3.63) is 71.7 Å². The van der Waals surface area contributed by atoms with E-state index in [0.717, 1.165) is 72.6 Å². The third-order valence-electron chi connectivity index (χ3n) is 7.22. The number of carbonyl (C=O) groups excluding carboxylic acids is 1. The quantitative estimate of drug-likeness (QED) is 0.475. The van der Waals surface area contributed by atoms with E-state index in [4.69, 9.17) is 4.74 Å². The molecule has 1 amide bonds. The van der Waals surface area contributed by atoms with Crippen LogP contribution in [0.2, 0.25) is 0 Å². The summed E-state index contributed by atoms with van der Waals surface area (Å²) < 4.78 is 5.90. The molecule has 1 saturated heterocycles. The zero-order chi connectivity index (χ0) is 24.0. The predicted molar refractivity (Wildman–Crippen MR) is 137 cm³/mol. The summed E-state index contributed by atoms with van der Waals surface area (Å²) in [5, 5.41) is 9.70. The zero-order valence-corrected chi connectivity index (χ0v) is 20.2. The summed E-state index contributed by atoms with van der Waals surface area (Å²) in [5.74, 6) is 3.52. The Kier molecular flexibility index (Phi) is 7.23. The minimum absolute atomic E-state index is 0.463. The van der Waals surface area contributed by atoms with E-state index in [9.17, 15) is 4.79 Å². The average molecular weight is 472 g/mol. The Morgan fingerprint density at radius 1 is 1.14 bits per heavy atom. The van der Waals surface area contributed by atoms with Gasteiger partial charge in [0.15, 0.2) is 0 Å². The van der Waals surface area contributed by atoms with Gasteiger partial charge >= 0.3 is 0 Å². The summed E-state index contributed by atoms with van der Waals surface area (Å²) >= 11 is 0. The summed E-state index contributed by atoms with van der Waals surface area (Å²) in [4.78, 5) is 18.9. The molecule has 7 nitrogen and oxygen atoms in total. The van der Waals surface area contributed by atoms with Gasteiger partial charge < -0.3 is 20.7 Å². The number of aryl methyl sites for hydroxylation is 1. The Bertz CT molecular complexity index is 1140. The summed E-state index contributed by atoms with van der Waals surface area (Å²) in [6, 6.07) is 12.9. The van der Waals surface area contributed by atoms with E-state index in [1.54, 1.807) is 12.4 Å². The average Bonchev–Trinajstić information content (AvgIpc) is 3.61. The predicted octanol–water partition coefficient (Wildman–Crippen LogP) is 3.73. The van der Waals surface area contributed by atoms with Crippen molar-refractivity contribution in [3.63, 3.8) is 0 Å². The van der Waals surface area contributed by atoms with Gasteiger partial charge in [0.05, 0.1) is 6.61 Å². The van der Waals surface area contributed by atoms with Gasteiger partial charge in [0.25, 0.3) is 0 Å². The molecule has 1 aromatic carbocycles. The highest BCUT2D eigenvalue weighted by Crippen LogP contribution is 2.39. The van der Waals surface area contributed by atoms with E-state index in [0.29, 0.717) is 12.6 Å². The first-order valence-electron chi connectivity index (χ1n) is 12.5. The van der Waals surface area contributed by atoms with Crippen LogP contribution in [0.25, 0.3) is 11.1 Å². The fourth-order valence-corrected chi connectivity index (χ4v) is 5.48. The van der Waals surface area contributed by atoms with Crippen molar-refractivity contribution < 1.29 is 9.53 Å². The van der Waals surface area contributed by atoms with Crippen molar-refractivity contribution >= 4 is 12.2 Å². The molecular formula is C28H33N5O2. The largest absolute Gasteiger partial charge is 0.492 e. The van der Waals surface area contributed by atoms with Gasteiger partial charge in [-0.15, -0.1) is 0 Å². The van der Waals surface area contributed by atoms with Crippen LogP contribution in [0.1, 0.15) is 29.5 Å². The lowest BCUT2D eigenvalue weighted by molar-refractivity contribution is -0.110. The Labute approximate surface area is 206 Å². The lowest BCUT2D eigenvalue weighted by Gasteiger charge is -2.13. The highest BCUT2D eigenvalue weighted by Gasteiger charge is 2.36. The van der Waals surface area contributed by atoms with Gasteiger partial charge in [0, 0.05) is 48.7 Å². The number of nitrogens with one attached hydrogen (secondary N) is 3. The molecule has 3 N–H and O–H groups in total. The van der Waals surface area contributed by atoms with Crippen LogP contribution >= 0.6 is 0 Å². The highest BCUT2D eigenvalue weighted by molar-refractivity contribution is 5.75. The maximum Gasteiger partial charge on any atom is 0.207 e. The van der Waals surface area contributed by atoms with Crippen LogP contribution in [-0.2, 0) is 17.8 Å². The molecule has 2 atom stereocenters. The van der Waals surface area contributed by atoms with Crippen LogP contribution < -0.4 is 20.7 Å². The second-order valence-corrected chi connectivity index (χ2v) is 9.64. The zero-order valence-electron chi connectivity index (χ0n) is 20.2. The van der Waals surface area contributed by atoms with E-state index >= 15 is 0 Å². The van der Waals surface area contributed by atoms with Crippen molar-refractivity contribution in [1.82, 2.24) is 20.6 Å². The first-order valence-corrected chi connectivity index (χ1v) is 12.5. The Hall–Kier alpha value is -3.45. The number of hydrogen-bond donors (Lipinski definition) is 3. The van der Waals surface area contributed by atoms with Crippen LogP contribution in [-0.4, -0.2) is 42.1 Å². The number of ether oxygens (including phenoxy) is 1. The minimum Gasteiger partial charge on any atom is -0.492 e. The molecule has 3 aromatic rings. The number of aromatic nitrogens is 2. The summed E-state index contributed by atoms with van der Waals surface area (Å²) in [6.07, 6.45) is 9.54. The van der Waals surface area contributed by atoms with E-state index in [2.05, 4.69) is 57.1 Å². The van der Waals surface area contributed by atoms with Gasteiger partial charge in [0.2, 0.25) is 6.41 Å². The molecule has 6 rings (SSSR count). The molecule has 35 heavy (non-hydrogen) atoms. The van der Waals surface area contributed by atoms with Crippen LogP contribution in [0.4, 0.5) is 5.82 Å². The standard InChI is InChI=1S/C20H19N3O.C8H14N2O/c1-14-3-2-4-15(11-14)12-22-20-17-7-10-24-19(17)18(13-23-20)16-5-8-21-9-6-16;11-5-10-8-1-6-3-9-4-7(6)2-8/h2-6,8-9,11,13H,7,10,12H2,1H3,(H,22,23);5-9H,1-4H2,(H,10,11). The maximum absolute atomic E-state index is 10.2. The number of pyridine rings is 2. The second kappa shape index (κ2) is 10.9. The van der Waals surface area contributed by atoms with Gasteiger partial charge in [-0.25, -0.2) is 4.98 Å². The Balaban J connectivity index is 0.000000192. The van der Waals surface area contributed by atoms with Crippen molar-refractivity contribution in [2.75, 3.05) is 25.0 Å². The number of rotatable bonds is 6. The molecular weight excluding hydrogens is 438 g/mol. The highest BCUT2D eigenvalue weighted by atomic mass is 16.5. The molecule has 182 valence electrons. The van der Waals surface area contributed by atoms with E-state index in [-0.39, 0.29) is 0 Å². The fraction of sp³-hybridized carbons (Fsp3) is 0.393. The van der Waals surface area contributed by atoms with Crippen LogP contribution in [0.5, 0.6) is 5.75 Å². The number of anilines is 1. The first-order chi connectivity index (χ1) is 17.2. The van der Waals surface area contributed by atoms with Crippen molar-refractivity contribution in [3.8, 4) is 16.9 Å². The SMILES string of the molecule is Cc1cccc(CNc2ncc(-c3ccncc3)c3c2CCO3)c1.O=CNC1CC2CNCC2C1. The monoisotopic (exact) mass is 471 g/mol. The van der Waals surface area contributed by atoms with Gasteiger partial charge in [0.1, 0.15) is 11.6 Å². The normalized spacial score (nSPS) is 21.8. The molecule has 1 saturated carbocycles. The van der Waals surface area contributed by atoms with Crippen molar-refractivity contribution in [1.29, 1.82) is 0 Å². The molecule has 2 unspecified atom stereocenters. The van der Waals surface area contributed by atoms with Gasteiger partial charge in [-0.05, 0) is 68.0 Å². The number of benzene rings is 1. The topological polar surface area (TPSA) is 88.2 Å². The first kappa shape index (κ1) is 23.3.